The van der Waals surface area contributed by atoms with Crippen LogP contribution in [0.2, 0.25) is 5.02 Å². The van der Waals surface area contributed by atoms with Crippen molar-refractivity contribution in [2.45, 2.75) is 57.8 Å². The van der Waals surface area contributed by atoms with E-state index < -0.39 is 5.41 Å². The molecule has 1 fully saturated rings. The summed E-state index contributed by atoms with van der Waals surface area (Å²) >= 11 is 6.50. The van der Waals surface area contributed by atoms with Gasteiger partial charge in [0.15, 0.2) is 0 Å². The molecule has 0 radical (unpaired) electrons. The van der Waals surface area contributed by atoms with Crippen LogP contribution in [0.15, 0.2) is 42.6 Å². The van der Waals surface area contributed by atoms with Crippen LogP contribution in [0.1, 0.15) is 60.6 Å². The van der Waals surface area contributed by atoms with Crippen LogP contribution in [0.5, 0.6) is 0 Å². The Kier molecular flexibility index (Phi) is 8.10. The fourth-order valence-electron chi connectivity index (χ4n) is 5.89. The molecule has 1 atom stereocenters. The van der Waals surface area contributed by atoms with Crippen molar-refractivity contribution in [1.29, 1.82) is 0 Å². The average Bonchev–Trinajstić information content (AvgIpc) is 3.18. The summed E-state index contributed by atoms with van der Waals surface area (Å²) in [6.07, 6.45) is 5.18. The van der Waals surface area contributed by atoms with Gasteiger partial charge in [0.25, 0.3) is 0 Å². The summed E-state index contributed by atoms with van der Waals surface area (Å²) in [5.74, 6) is 0.981. The number of rotatable bonds is 8. The van der Waals surface area contributed by atoms with Crippen molar-refractivity contribution in [2.24, 2.45) is 0 Å². The first-order valence-electron chi connectivity index (χ1n) is 13.9. The van der Waals surface area contributed by atoms with E-state index in [4.69, 9.17) is 16.6 Å². The maximum Gasteiger partial charge on any atom is 0.234 e. The van der Waals surface area contributed by atoms with Gasteiger partial charge in [0.2, 0.25) is 17.8 Å². The highest BCUT2D eigenvalue weighted by atomic mass is 35.5. The van der Waals surface area contributed by atoms with Crippen LogP contribution in [-0.4, -0.2) is 53.4 Å². The third-order valence-corrected chi connectivity index (χ3v) is 8.48. The third kappa shape index (κ3) is 5.83. The molecule has 2 amide bonds. The number of piperidine rings is 1. The Balaban J connectivity index is 1.27. The number of fused-ring (bicyclic) bond motifs is 1. The van der Waals surface area contributed by atoms with Gasteiger partial charge >= 0.3 is 0 Å². The Hall–Kier alpha value is -3.49. The number of hydrogen-bond donors (Lipinski definition) is 3. The second-order valence-corrected chi connectivity index (χ2v) is 11.8. The smallest absolute Gasteiger partial charge is 0.234 e. The van der Waals surface area contributed by atoms with Gasteiger partial charge in [-0.15, -0.1) is 0 Å². The fraction of sp³-hybridized carbons (Fsp3) is 0.419. The highest BCUT2D eigenvalue weighted by Gasteiger charge is 2.39. The van der Waals surface area contributed by atoms with Crippen LogP contribution >= 0.6 is 11.6 Å². The number of hydrogen-bond acceptors (Lipinski definition) is 6. The van der Waals surface area contributed by atoms with Crippen molar-refractivity contribution in [2.75, 3.05) is 37.3 Å². The van der Waals surface area contributed by atoms with Gasteiger partial charge in [0.05, 0.1) is 28.9 Å². The predicted octanol–water partition coefficient (Wildman–Crippen LogP) is 5.12. The van der Waals surface area contributed by atoms with Gasteiger partial charge in [-0.1, -0.05) is 35.9 Å². The largest absolute Gasteiger partial charge is 0.358 e. The van der Waals surface area contributed by atoms with E-state index in [1.165, 1.54) is 5.56 Å². The maximum atomic E-state index is 12.5. The highest BCUT2D eigenvalue weighted by Crippen LogP contribution is 2.40. The number of carbonyl (C=O) groups is 2. The molecule has 5 rings (SSSR count). The zero-order valence-electron chi connectivity index (χ0n) is 23.6. The van der Waals surface area contributed by atoms with Gasteiger partial charge in [0, 0.05) is 25.0 Å². The normalized spacial score (nSPS) is 18.2. The summed E-state index contributed by atoms with van der Waals surface area (Å²) in [7, 11) is 1.68. The lowest BCUT2D eigenvalue weighted by Crippen LogP contribution is -2.41. The lowest BCUT2D eigenvalue weighted by atomic mass is 9.82. The standard InChI is InChI=1S/C31H37ClN6O2/c1-19-15-21(22-8-6-14-38(17-22)18-27(39)33-4)11-12-24(19)36-30-34-16-23(32)25(37-30)13-10-20-7-5-9-26-28(20)31(2,3)29(40)35-26/h5,7,9,11-12,15-16,22H,6,8,10,13-14,17-18H2,1-4H3,(H,33,39)(H,35,40)(H,34,36,37). The Labute approximate surface area is 240 Å². The van der Waals surface area contributed by atoms with Crippen molar-refractivity contribution in [3.05, 3.63) is 75.6 Å². The third-order valence-electron chi connectivity index (χ3n) is 8.16. The number of nitrogens with one attached hydrogen (secondary N) is 3. The molecule has 9 heteroatoms. The molecule has 1 saturated heterocycles. The zero-order chi connectivity index (χ0) is 28.4. The fourth-order valence-corrected chi connectivity index (χ4v) is 6.07. The second-order valence-electron chi connectivity index (χ2n) is 11.4. The summed E-state index contributed by atoms with van der Waals surface area (Å²) in [6.45, 7) is 8.29. The summed E-state index contributed by atoms with van der Waals surface area (Å²) < 4.78 is 0. The van der Waals surface area contributed by atoms with E-state index in [2.05, 4.69) is 57.0 Å². The quantitative estimate of drug-likeness (QED) is 0.353. The van der Waals surface area contributed by atoms with Gasteiger partial charge in [-0.3, -0.25) is 14.5 Å². The lowest BCUT2D eigenvalue weighted by molar-refractivity contribution is -0.122. The molecule has 2 aliphatic rings. The number of amides is 2. The number of carbonyl (C=O) groups excluding carboxylic acids is 2. The summed E-state index contributed by atoms with van der Waals surface area (Å²) in [5.41, 5.74) is 6.59. The first kappa shape index (κ1) is 28.1. The number of likely N-dealkylation sites (N-methyl/N-ethyl adjacent to an activating group) is 1. The number of anilines is 3. The molecule has 0 saturated carbocycles. The van der Waals surface area contributed by atoms with Crippen LogP contribution in [0.25, 0.3) is 0 Å². The molecule has 3 aromatic rings. The van der Waals surface area contributed by atoms with Crippen LogP contribution in [0.4, 0.5) is 17.3 Å². The van der Waals surface area contributed by atoms with Crippen LogP contribution in [0, 0.1) is 6.92 Å². The maximum absolute atomic E-state index is 12.5. The molecule has 0 aliphatic carbocycles. The number of halogens is 1. The van der Waals surface area contributed by atoms with E-state index in [-0.39, 0.29) is 11.8 Å². The second kappa shape index (κ2) is 11.6. The Morgan fingerprint density at radius 1 is 1.23 bits per heavy atom. The van der Waals surface area contributed by atoms with Crippen LogP contribution in [-0.2, 0) is 27.8 Å². The molecule has 2 aromatic carbocycles. The zero-order valence-corrected chi connectivity index (χ0v) is 24.4. The van der Waals surface area contributed by atoms with E-state index in [0.29, 0.717) is 36.3 Å². The Morgan fingerprint density at radius 3 is 2.83 bits per heavy atom. The molecule has 0 bridgehead atoms. The van der Waals surface area contributed by atoms with Gasteiger partial charge in [-0.2, -0.15) is 0 Å². The minimum atomic E-state index is -0.572. The first-order valence-corrected chi connectivity index (χ1v) is 14.3. The minimum absolute atomic E-state index is 0.0209. The lowest BCUT2D eigenvalue weighted by Gasteiger charge is -2.32. The van der Waals surface area contributed by atoms with E-state index in [1.807, 2.05) is 26.0 Å². The van der Waals surface area contributed by atoms with Crippen molar-refractivity contribution >= 4 is 40.7 Å². The van der Waals surface area contributed by atoms with E-state index >= 15 is 0 Å². The molecule has 1 unspecified atom stereocenters. The average molecular weight is 561 g/mol. The molecule has 3 heterocycles. The molecule has 0 spiro atoms. The van der Waals surface area contributed by atoms with Gasteiger partial charge in [0.1, 0.15) is 0 Å². The van der Waals surface area contributed by atoms with Crippen molar-refractivity contribution in [1.82, 2.24) is 20.2 Å². The van der Waals surface area contributed by atoms with Crippen molar-refractivity contribution in [3.8, 4) is 0 Å². The summed E-state index contributed by atoms with van der Waals surface area (Å²) in [4.78, 5) is 35.7. The van der Waals surface area contributed by atoms with E-state index in [9.17, 15) is 9.59 Å². The first-order chi connectivity index (χ1) is 19.2. The Morgan fingerprint density at radius 2 is 2.05 bits per heavy atom. The van der Waals surface area contributed by atoms with Gasteiger partial charge in [-0.05, 0) is 93.3 Å². The SMILES string of the molecule is CNC(=O)CN1CCCC(c2ccc(Nc3ncc(Cl)c(CCc4cccc5c4C(C)(C)C(=O)N5)n3)c(C)c2)C1. The van der Waals surface area contributed by atoms with Crippen molar-refractivity contribution in [3.63, 3.8) is 0 Å². The molecule has 40 heavy (non-hydrogen) atoms. The summed E-state index contributed by atoms with van der Waals surface area (Å²) in [6, 6.07) is 12.5. The number of aryl methyl sites for hydroxylation is 3. The van der Waals surface area contributed by atoms with Crippen LogP contribution in [0.3, 0.4) is 0 Å². The predicted molar refractivity (Wildman–Crippen MR) is 159 cm³/mol. The number of aromatic nitrogens is 2. The minimum Gasteiger partial charge on any atom is -0.358 e. The number of nitrogens with zero attached hydrogens (tertiary/aromatic N) is 3. The van der Waals surface area contributed by atoms with E-state index in [1.54, 1.807) is 13.2 Å². The highest BCUT2D eigenvalue weighted by molar-refractivity contribution is 6.31. The summed E-state index contributed by atoms with van der Waals surface area (Å²) in [5, 5.41) is 9.62. The Bertz CT molecular complexity index is 1440. The number of likely N-dealkylation sites (tertiary alicyclic amines) is 1. The molecule has 210 valence electrons. The molecular formula is C31H37ClN6O2. The molecule has 2 aliphatic heterocycles. The topological polar surface area (TPSA) is 99.3 Å². The van der Waals surface area contributed by atoms with Gasteiger partial charge < -0.3 is 16.0 Å². The van der Waals surface area contributed by atoms with E-state index in [0.717, 1.165) is 59.7 Å². The van der Waals surface area contributed by atoms with Gasteiger partial charge in [-0.25, -0.2) is 9.97 Å². The molecule has 8 nitrogen and oxygen atoms in total. The molecular weight excluding hydrogens is 524 g/mol. The van der Waals surface area contributed by atoms with Crippen LogP contribution < -0.4 is 16.0 Å². The molecule has 1 aromatic heterocycles. The number of benzene rings is 2. The monoisotopic (exact) mass is 560 g/mol. The van der Waals surface area contributed by atoms with Crippen molar-refractivity contribution < 1.29 is 9.59 Å². The molecule has 3 N–H and O–H groups in total.